The molecule has 1 fully saturated rings. The second kappa shape index (κ2) is 10.1. The van der Waals surface area contributed by atoms with Crippen molar-refractivity contribution in [1.82, 2.24) is 9.47 Å². The summed E-state index contributed by atoms with van der Waals surface area (Å²) in [7, 11) is -3.35. The molecule has 1 aliphatic rings. The number of ether oxygens (including phenoxy) is 1. The second-order valence-corrected chi connectivity index (χ2v) is 11.0. The van der Waals surface area contributed by atoms with Crippen molar-refractivity contribution < 1.29 is 13.2 Å². The molecule has 0 unspecified atom stereocenters. The Morgan fingerprint density at radius 3 is 2.52 bits per heavy atom. The molecule has 1 aliphatic heterocycles. The van der Waals surface area contributed by atoms with Gasteiger partial charge in [-0.15, -0.1) is 0 Å². The van der Waals surface area contributed by atoms with E-state index in [1.165, 1.54) is 11.5 Å². The summed E-state index contributed by atoms with van der Waals surface area (Å²) >= 11 is 2.00. The van der Waals surface area contributed by atoms with Gasteiger partial charge in [0.1, 0.15) is 18.4 Å². The average molecular weight is 485 g/mol. The van der Waals surface area contributed by atoms with Crippen LogP contribution in [0.25, 0.3) is 22.2 Å². The molecule has 0 saturated carbocycles. The first-order chi connectivity index (χ1) is 15.9. The summed E-state index contributed by atoms with van der Waals surface area (Å²) in [4.78, 5) is 2.43. The zero-order valence-electron chi connectivity index (χ0n) is 18.9. The number of nitriles is 1. The van der Waals surface area contributed by atoms with E-state index in [1.54, 1.807) is 12.1 Å². The number of thioether (sulfide) groups is 1. The molecule has 0 spiro atoms. The van der Waals surface area contributed by atoms with Crippen LogP contribution in [0.15, 0.2) is 42.5 Å². The van der Waals surface area contributed by atoms with E-state index in [-0.39, 0.29) is 0 Å². The average Bonchev–Trinajstić information content (AvgIpc) is 3.12. The fraction of sp³-hybridized carbons (Fsp3) is 0.375. The number of rotatable bonds is 8. The first-order valence-corrected chi connectivity index (χ1v) is 14.0. The summed E-state index contributed by atoms with van der Waals surface area (Å²) in [6.45, 7) is 6.50. The molecular weight excluding hydrogens is 456 g/mol. The summed E-state index contributed by atoms with van der Waals surface area (Å²) in [6, 6.07) is 15.4. The summed E-state index contributed by atoms with van der Waals surface area (Å²) < 4.78 is 33.6. The normalized spacial score (nSPS) is 14.8. The monoisotopic (exact) mass is 484 g/mol. The highest BCUT2D eigenvalue weighted by Crippen LogP contribution is 2.35. The maximum atomic E-state index is 11.5. The van der Waals surface area contributed by atoms with Gasteiger partial charge in [0.15, 0.2) is 0 Å². The Balaban J connectivity index is 1.62. The predicted octanol–water partition coefficient (Wildman–Crippen LogP) is 4.00. The molecule has 3 aromatic rings. The molecule has 0 aliphatic carbocycles. The number of nitrogens with one attached hydrogen (secondary N) is 1. The van der Waals surface area contributed by atoms with Crippen LogP contribution in [0.5, 0.6) is 5.75 Å². The molecule has 2 aromatic carbocycles. The molecule has 0 amide bonds. The van der Waals surface area contributed by atoms with Crippen LogP contribution < -0.4 is 9.46 Å². The summed E-state index contributed by atoms with van der Waals surface area (Å²) in [5.74, 6) is 3.16. The molecule has 4 rings (SSSR count). The van der Waals surface area contributed by atoms with Crippen LogP contribution in [0.3, 0.4) is 0 Å². The van der Waals surface area contributed by atoms with Gasteiger partial charge < -0.3 is 9.30 Å². The Morgan fingerprint density at radius 1 is 1.15 bits per heavy atom. The summed E-state index contributed by atoms with van der Waals surface area (Å²) in [5, 5.41) is 10.8. The van der Waals surface area contributed by atoms with Crippen molar-refractivity contribution in [1.29, 1.82) is 5.26 Å². The number of hydrogen-bond acceptors (Lipinski definition) is 6. The van der Waals surface area contributed by atoms with E-state index in [4.69, 9.17) is 4.74 Å². The third-order valence-corrected chi connectivity index (χ3v) is 7.25. The Bertz CT molecular complexity index is 1270. The molecule has 1 aromatic heterocycles. The lowest BCUT2D eigenvalue weighted by molar-refractivity contribution is 0.222. The van der Waals surface area contributed by atoms with Crippen LogP contribution in [0.4, 0.5) is 5.69 Å². The standard InChI is InChI=1S/C24H28N4O3S2/c1-3-28-23-16-20(31-13-10-27-11-14-32-15-12-27)8-9-21(23)22(17-25)24(28)18-4-6-19(7-5-18)26-33(2,29)30/h4-9,16,26H,3,10-15H2,1-2H3. The van der Waals surface area contributed by atoms with Crippen LogP contribution in [0.2, 0.25) is 0 Å². The highest BCUT2D eigenvalue weighted by molar-refractivity contribution is 7.99. The van der Waals surface area contributed by atoms with Gasteiger partial charge in [0.25, 0.3) is 0 Å². The lowest BCUT2D eigenvalue weighted by Gasteiger charge is -2.25. The van der Waals surface area contributed by atoms with E-state index in [0.717, 1.165) is 53.8 Å². The molecule has 174 valence electrons. The van der Waals surface area contributed by atoms with Crippen LogP contribution in [0, 0.1) is 11.3 Å². The minimum atomic E-state index is -3.35. The first-order valence-electron chi connectivity index (χ1n) is 11.0. The number of hydrogen-bond donors (Lipinski definition) is 1. The van der Waals surface area contributed by atoms with Gasteiger partial charge in [0.2, 0.25) is 10.0 Å². The van der Waals surface area contributed by atoms with Crippen molar-refractivity contribution in [2.75, 3.05) is 48.7 Å². The molecule has 33 heavy (non-hydrogen) atoms. The van der Waals surface area contributed by atoms with Gasteiger partial charge in [-0.25, -0.2) is 8.42 Å². The van der Waals surface area contributed by atoms with Gasteiger partial charge >= 0.3 is 0 Å². The van der Waals surface area contributed by atoms with E-state index in [2.05, 4.69) is 20.3 Å². The van der Waals surface area contributed by atoms with Gasteiger partial charge in [-0.2, -0.15) is 17.0 Å². The van der Waals surface area contributed by atoms with E-state index < -0.39 is 10.0 Å². The molecule has 2 heterocycles. The molecule has 0 atom stereocenters. The number of fused-ring (bicyclic) bond motifs is 1. The number of sulfonamides is 1. The first kappa shape index (κ1) is 23.5. The van der Waals surface area contributed by atoms with Crippen LogP contribution >= 0.6 is 11.8 Å². The largest absolute Gasteiger partial charge is 0.492 e. The Hall–Kier alpha value is -2.67. The number of anilines is 1. The SMILES string of the molecule is CCn1c(-c2ccc(NS(C)(=O)=O)cc2)c(C#N)c2ccc(OCCN3CCSCC3)cc21. The highest BCUT2D eigenvalue weighted by atomic mass is 32.2. The zero-order chi connectivity index (χ0) is 23.4. The Labute approximate surface area is 199 Å². The molecule has 7 nitrogen and oxygen atoms in total. The maximum absolute atomic E-state index is 11.5. The van der Waals surface area contributed by atoms with Gasteiger partial charge in [-0.3, -0.25) is 9.62 Å². The quantitative estimate of drug-likeness (QED) is 0.520. The molecular formula is C24H28N4O3S2. The number of benzene rings is 2. The minimum absolute atomic E-state index is 0.488. The Kier molecular flexibility index (Phi) is 7.17. The fourth-order valence-electron chi connectivity index (χ4n) is 4.19. The summed E-state index contributed by atoms with van der Waals surface area (Å²) in [6.07, 6.45) is 1.12. The fourth-order valence-corrected chi connectivity index (χ4v) is 5.73. The van der Waals surface area contributed by atoms with Gasteiger partial charge in [-0.1, -0.05) is 12.1 Å². The van der Waals surface area contributed by atoms with Crippen molar-refractivity contribution in [2.24, 2.45) is 0 Å². The van der Waals surface area contributed by atoms with Crippen LogP contribution in [0.1, 0.15) is 12.5 Å². The van der Waals surface area contributed by atoms with Gasteiger partial charge in [-0.05, 0) is 36.8 Å². The zero-order valence-corrected chi connectivity index (χ0v) is 20.5. The number of nitrogens with zero attached hydrogens (tertiary/aromatic N) is 3. The third-order valence-electron chi connectivity index (χ3n) is 5.71. The van der Waals surface area contributed by atoms with Crippen molar-refractivity contribution in [3.05, 3.63) is 48.0 Å². The lowest BCUT2D eigenvalue weighted by Crippen LogP contribution is -2.35. The topological polar surface area (TPSA) is 87.4 Å². The predicted molar refractivity (Wildman–Crippen MR) is 135 cm³/mol. The summed E-state index contributed by atoms with van der Waals surface area (Å²) in [5.41, 5.74) is 3.72. The van der Waals surface area contributed by atoms with E-state index in [0.29, 0.717) is 24.4 Å². The van der Waals surface area contributed by atoms with Gasteiger partial charge in [0, 0.05) is 54.8 Å². The third kappa shape index (κ3) is 5.46. The highest BCUT2D eigenvalue weighted by Gasteiger charge is 2.19. The van der Waals surface area contributed by atoms with Crippen molar-refractivity contribution in [3.8, 4) is 23.1 Å². The number of aromatic nitrogens is 1. The second-order valence-electron chi connectivity index (χ2n) is 8.01. The molecule has 0 bridgehead atoms. The van der Waals surface area contributed by atoms with Crippen molar-refractivity contribution in [2.45, 2.75) is 13.5 Å². The smallest absolute Gasteiger partial charge is 0.229 e. The minimum Gasteiger partial charge on any atom is -0.492 e. The van der Waals surface area contributed by atoms with Crippen molar-refractivity contribution in [3.63, 3.8) is 0 Å². The lowest BCUT2D eigenvalue weighted by atomic mass is 10.1. The molecule has 1 N–H and O–H groups in total. The van der Waals surface area contributed by atoms with Crippen LogP contribution in [-0.4, -0.2) is 61.9 Å². The van der Waals surface area contributed by atoms with Crippen LogP contribution in [-0.2, 0) is 16.6 Å². The van der Waals surface area contributed by atoms with E-state index in [9.17, 15) is 13.7 Å². The van der Waals surface area contributed by atoms with Gasteiger partial charge in [0.05, 0.1) is 23.0 Å². The maximum Gasteiger partial charge on any atom is 0.229 e. The molecule has 1 saturated heterocycles. The van der Waals surface area contributed by atoms with E-state index >= 15 is 0 Å². The Morgan fingerprint density at radius 2 is 1.88 bits per heavy atom. The van der Waals surface area contributed by atoms with E-state index in [1.807, 2.05) is 49.0 Å². The molecule has 0 radical (unpaired) electrons. The van der Waals surface area contributed by atoms with Crippen molar-refractivity contribution >= 4 is 38.4 Å². The number of aryl methyl sites for hydroxylation is 1. The molecule has 9 heteroatoms.